The molecule has 1 unspecified atom stereocenters. The zero-order valence-electron chi connectivity index (χ0n) is 10.9. The first-order valence-electron chi connectivity index (χ1n) is 7.32. The zero-order valence-corrected chi connectivity index (χ0v) is 10.9. The molecule has 1 nitrogen and oxygen atoms in total. The molecule has 0 spiro atoms. The van der Waals surface area contributed by atoms with Gasteiger partial charge < -0.3 is 5.32 Å². The highest BCUT2D eigenvalue weighted by molar-refractivity contribution is 5.21. The molecule has 0 aromatic rings. The molecule has 2 rings (SSSR count). The molecule has 1 N–H and O–H groups in total. The summed E-state index contributed by atoms with van der Waals surface area (Å²) >= 11 is 0. The third-order valence-electron chi connectivity index (χ3n) is 4.50. The SMILES string of the molecule is CCC1(C2=CCCCCC2)CCCCCN1. The fourth-order valence-electron chi connectivity index (χ4n) is 3.40. The van der Waals surface area contributed by atoms with Crippen molar-refractivity contribution in [2.45, 2.75) is 76.7 Å². The topological polar surface area (TPSA) is 12.0 Å². The van der Waals surface area contributed by atoms with Gasteiger partial charge in [-0.3, -0.25) is 0 Å². The highest BCUT2D eigenvalue weighted by Crippen LogP contribution is 2.34. The molecule has 1 saturated heterocycles. The van der Waals surface area contributed by atoms with Gasteiger partial charge in [0.1, 0.15) is 0 Å². The highest BCUT2D eigenvalue weighted by atomic mass is 15.0. The number of hydrogen-bond donors (Lipinski definition) is 1. The lowest BCUT2D eigenvalue weighted by molar-refractivity contribution is 0.349. The van der Waals surface area contributed by atoms with Crippen molar-refractivity contribution in [3.8, 4) is 0 Å². The van der Waals surface area contributed by atoms with Gasteiger partial charge in [0.15, 0.2) is 0 Å². The summed E-state index contributed by atoms with van der Waals surface area (Å²) in [6, 6.07) is 0. The summed E-state index contributed by atoms with van der Waals surface area (Å²) in [7, 11) is 0. The van der Waals surface area contributed by atoms with Crippen molar-refractivity contribution in [2.24, 2.45) is 0 Å². The second-order valence-electron chi connectivity index (χ2n) is 5.50. The van der Waals surface area contributed by atoms with Gasteiger partial charge in [0.2, 0.25) is 0 Å². The van der Waals surface area contributed by atoms with E-state index in [1.807, 2.05) is 0 Å². The van der Waals surface area contributed by atoms with Crippen LogP contribution in [0.25, 0.3) is 0 Å². The van der Waals surface area contributed by atoms with Gasteiger partial charge in [0.25, 0.3) is 0 Å². The van der Waals surface area contributed by atoms with Gasteiger partial charge in [0, 0.05) is 5.54 Å². The van der Waals surface area contributed by atoms with E-state index in [9.17, 15) is 0 Å². The zero-order chi connectivity index (χ0) is 11.3. The Kier molecular flexibility index (Phi) is 4.45. The Hall–Kier alpha value is -0.300. The fraction of sp³-hybridized carbons (Fsp3) is 0.867. The molecule has 1 heterocycles. The van der Waals surface area contributed by atoms with Crippen LogP contribution in [0.15, 0.2) is 11.6 Å². The van der Waals surface area contributed by atoms with Crippen LogP contribution in [-0.4, -0.2) is 12.1 Å². The molecule has 0 radical (unpaired) electrons. The molecule has 0 bridgehead atoms. The van der Waals surface area contributed by atoms with Crippen LogP contribution in [-0.2, 0) is 0 Å². The van der Waals surface area contributed by atoms with Gasteiger partial charge in [-0.25, -0.2) is 0 Å². The van der Waals surface area contributed by atoms with Crippen molar-refractivity contribution in [1.29, 1.82) is 0 Å². The minimum absolute atomic E-state index is 0.376. The lowest BCUT2D eigenvalue weighted by atomic mass is 9.80. The van der Waals surface area contributed by atoms with E-state index < -0.39 is 0 Å². The van der Waals surface area contributed by atoms with Crippen LogP contribution in [0.5, 0.6) is 0 Å². The number of nitrogens with one attached hydrogen (secondary N) is 1. The Labute approximate surface area is 101 Å². The standard InChI is InChI=1S/C15H27N/c1-2-15(12-8-5-9-13-16-15)14-10-6-3-4-7-11-14/h10,16H,2-9,11-13H2,1H3. The first-order chi connectivity index (χ1) is 7.87. The van der Waals surface area contributed by atoms with Crippen LogP contribution in [0.1, 0.15) is 71.1 Å². The lowest BCUT2D eigenvalue weighted by Gasteiger charge is -2.36. The highest BCUT2D eigenvalue weighted by Gasteiger charge is 2.32. The van der Waals surface area contributed by atoms with E-state index >= 15 is 0 Å². The molecule has 1 heteroatoms. The van der Waals surface area contributed by atoms with Crippen molar-refractivity contribution in [3.63, 3.8) is 0 Å². The Morgan fingerprint density at radius 2 is 2.00 bits per heavy atom. The maximum atomic E-state index is 3.87. The van der Waals surface area contributed by atoms with Gasteiger partial charge in [0.05, 0.1) is 0 Å². The second kappa shape index (κ2) is 5.86. The Morgan fingerprint density at radius 3 is 2.88 bits per heavy atom. The smallest absolute Gasteiger partial charge is 0.0391 e. The molecular weight excluding hydrogens is 194 g/mol. The molecule has 92 valence electrons. The van der Waals surface area contributed by atoms with E-state index in [0.717, 1.165) is 0 Å². The molecule has 0 amide bonds. The maximum Gasteiger partial charge on any atom is 0.0391 e. The molecule has 1 aliphatic heterocycles. The largest absolute Gasteiger partial charge is 0.308 e. The minimum atomic E-state index is 0.376. The van der Waals surface area contributed by atoms with Gasteiger partial charge in [-0.2, -0.15) is 0 Å². The third-order valence-corrected chi connectivity index (χ3v) is 4.50. The summed E-state index contributed by atoms with van der Waals surface area (Å²) in [5, 5.41) is 3.87. The van der Waals surface area contributed by atoms with E-state index in [4.69, 9.17) is 0 Å². The van der Waals surface area contributed by atoms with Crippen molar-refractivity contribution >= 4 is 0 Å². The number of rotatable bonds is 2. The molecule has 1 atom stereocenters. The van der Waals surface area contributed by atoms with Crippen molar-refractivity contribution in [3.05, 3.63) is 11.6 Å². The third kappa shape index (κ3) is 2.68. The Balaban J connectivity index is 2.13. The van der Waals surface area contributed by atoms with Crippen LogP contribution < -0.4 is 5.32 Å². The first-order valence-corrected chi connectivity index (χ1v) is 7.32. The van der Waals surface area contributed by atoms with E-state index in [-0.39, 0.29) is 0 Å². The predicted octanol–water partition coefficient (Wildman–Crippen LogP) is 4.19. The van der Waals surface area contributed by atoms with E-state index in [1.54, 1.807) is 5.57 Å². The normalized spacial score (nSPS) is 32.7. The Morgan fingerprint density at radius 1 is 1.12 bits per heavy atom. The average molecular weight is 221 g/mol. The van der Waals surface area contributed by atoms with Crippen LogP contribution in [0.2, 0.25) is 0 Å². The molecule has 0 aromatic heterocycles. The number of allylic oxidation sites excluding steroid dienone is 1. The summed E-state index contributed by atoms with van der Waals surface area (Å²) in [4.78, 5) is 0. The van der Waals surface area contributed by atoms with Crippen LogP contribution >= 0.6 is 0 Å². The molecule has 2 aliphatic rings. The van der Waals surface area contributed by atoms with Crippen LogP contribution in [0, 0.1) is 0 Å². The van der Waals surface area contributed by atoms with Crippen molar-refractivity contribution in [2.75, 3.05) is 6.54 Å². The van der Waals surface area contributed by atoms with Crippen molar-refractivity contribution in [1.82, 2.24) is 5.32 Å². The molecule has 0 saturated carbocycles. The monoisotopic (exact) mass is 221 g/mol. The molecule has 1 aliphatic carbocycles. The van der Waals surface area contributed by atoms with Crippen molar-refractivity contribution < 1.29 is 0 Å². The molecule has 1 fully saturated rings. The van der Waals surface area contributed by atoms with Gasteiger partial charge in [-0.15, -0.1) is 0 Å². The van der Waals surface area contributed by atoms with Crippen LogP contribution in [0.3, 0.4) is 0 Å². The fourth-order valence-corrected chi connectivity index (χ4v) is 3.40. The van der Waals surface area contributed by atoms with E-state index in [2.05, 4.69) is 18.3 Å². The van der Waals surface area contributed by atoms with Gasteiger partial charge in [-0.05, 0) is 51.5 Å². The quantitative estimate of drug-likeness (QED) is 0.689. The lowest BCUT2D eigenvalue weighted by Crippen LogP contribution is -2.45. The van der Waals surface area contributed by atoms with E-state index in [1.165, 1.54) is 70.8 Å². The summed E-state index contributed by atoms with van der Waals surface area (Å²) in [5.41, 5.74) is 2.12. The molecular formula is C15H27N. The first kappa shape index (κ1) is 12.2. The second-order valence-corrected chi connectivity index (χ2v) is 5.50. The summed E-state index contributed by atoms with van der Waals surface area (Å²) < 4.78 is 0. The molecule has 0 aromatic carbocycles. The Bertz CT molecular complexity index is 234. The summed E-state index contributed by atoms with van der Waals surface area (Å²) in [6.07, 6.45) is 16.3. The summed E-state index contributed by atoms with van der Waals surface area (Å²) in [5.74, 6) is 0. The van der Waals surface area contributed by atoms with Gasteiger partial charge >= 0.3 is 0 Å². The van der Waals surface area contributed by atoms with Crippen LogP contribution in [0.4, 0.5) is 0 Å². The number of hydrogen-bond acceptors (Lipinski definition) is 1. The molecule has 16 heavy (non-hydrogen) atoms. The minimum Gasteiger partial charge on any atom is -0.308 e. The predicted molar refractivity (Wildman–Crippen MR) is 70.7 cm³/mol. The van der Waals surface area contributed by atoms with Gasteiger partial charge in [-0.1, -0.05) is 37.8 Å². The van der Waals surface area contributed by atoms with E-state index in [0.29, 0.717) is 5.54 Å². The summed E-state index contributed by atoms with van der Waals surface area (Å²) in [6.45, 7) is 3.59. The maximum absolute atomic E-state index is 3.87. The average Bonchev–Trinajstić information content (AvgIpc) is 2.72.